The molecule has 2 aromatic carbocycles. The zero-order chi connectivity index (χ0) is 21.5. The molecule has 0 spiro atoms. The van der Waals surface area contributed by atoms with Crippen molar-refractivity contribution in [2.45, 2.75) is 31.2 Å². The van der Waals surface area contributed by atoms with E-state index in [2.05, 4.69) is 27.0 Å². The summed E-state index contributed by atoms with van der Waals surface area (Å²) in [6.07, 6.45) is 6.01. The lowest BCUT2D eigenvalue weighted by Crippen LogP contribution is -2.48. The van der Waals surface area contributed by atoms with Gasteiger partial charge in [-0.2, -0.15) is 0 Å². The molecule has 1 fully saturated rings. The van der Waals surface area contributed by atoms with Crippen molar-refractivity contribution in [2.75, 3.05) is 26.9 Å². The van der Waals surface area contributed by atoms with E-state index in [0.29, 0.717) is 32.6 Å². The fourth-order valence-electron chi connectivity index (χ4n) is 4.23. The van der Waals surface area contributed by atoms with E-state index in [1.165, 1.54) is 0 Å². The number of carbonyl (C=O) groups excluding carboxylic acids is 1. The van der Waals surface area contributed by atoms with Gasteiger partial charge in [-0.05, 0) is 37.0 Å². The SMILES string of the molecule is COc1ccc(C2(C(=O)NCCCn3ccnc3-c3ccccc3)CCOCC2)cc1. The summed E-state index contributed by atoms with van der Waals surface area (Å²) in [5.41, 5.74) is 1.57. The third-order valence-electron chi connectivity index (χ3n) is 6.03. The van der Waals surface area contributed by atoms with Crippen LogP contribution in [0.5, 0.6) is 5.75 Å². The van der Waals surface area contributed by atoms with Crippen LogP contribution in [0.4, 0.5) is 0 Å². The Bertz CT molecular complexity index is 977. The Morgan fingerprint density at radius 2 is 1.87 bits per heavy atom. The van der Waals surface area contributed by atoms with Crippen molar-refractivity contribution < 1.29 is 14.3 Å². The second kappa shape index (κ2) is 9.79. The van der Waals surface area contributed by atoms with Crippen molar-refractivity contribution >= 4 is 5.91 Å². The van der Waals surface area contributed by atoms with Crippen molar-refractivity contribution in [2.24, 2.45) is 0 Å². The van der Waals surface area contributed by atoms with E-state index in [1.54, 1.807) is 7.11 Å². The molecule has 1 aliphatic heterocycles. The summed E-state index contributed by atoms with van der Waals surface area (Å²) in [6, 6.07) is 18.0. The molecular formula is C25H29N3O3. The first kappa shape index (κ1) is 21.1. The number of hydrogen-bond acceptors (Lipinski definition) is 4. The average molecular weight is 420 g/mol. The minimum absolute atomic E-state index is 0.0786. The van der Waals surface area contributed by atoms with Crippen LogP contribution in [0.2, 0.25) is 0 Å². The second-order valence-corrected chi connectivity index (χ2v) is 7.84. The highest BCUT2D eigenvalue weighted by atomic mass is 16.5. The van der Waals surface area contributed by atoms with Crippen LogP contribution in [0.3, 0.4) is 0 Å². The summed E-state index contributed by atoms with van der Waals surface area (Å²) in [5.74, 6) is 1.82. The molecule has 1 N–H and O–H groups in total. The molecule has 31 heavy (non-hydrogen) atoms. The summed E-state index contributed by atoms with van der Waals surface area (Å²) in [4.78, 5) is 17.8. The van der Waals surface area contributed by atoms with E-state index >= 15 is 0 Å². The van der Waals surface area contributed by atoms with E-state index in [1.807, 2.05) is 54.9 Å². The molecule has 3 aromatic rings. The summed E-state index contributed by atoms with van der Waals surface area (Å²) in [5, 5.41) is 3.18. The third-order valence-corrected chi connectivity index (χ3v) is 6.03. The number of benzene rings is 2. The fourth-order valence-corrected chi connectivity index (χ4v) is 4.23. The van der Waals surface area contributed by atoms with Gasteiger partial charge in [0.25, 0.3) is 0 Å². The van der Waals surface area contributed by atoms with Gasteiger partial charge in [0.2, 0.25) is 5.91 Å². The molecular weight excluding hydrogens is 390 g/mol. The number of aromatic nitrogens is 2. The molecule has 4 rings (SSSR count). The van der Waals surface area contributed by atoms with Crippen molar-refractivity contribution in [1.29, 1.82) is 0 Å². The Labute approximate surface area is 183 Å². The predicted octanol–water partition coefficient (Wildman–Crippen LogP) is 3.81. The number of carbonyl (C=O) groups is 1. The molecule has 1 aliphatic rings. The van der Waals surface area contributed by atoms with E-state index in [-0.39, 0.29) is 5.91 Å². The number of rotatable bonds is 8. The number of amides is 1. The Morgan fingerprint density at radius 3 is 2.58 bits per heavy atom. The quantitative estimate of drug-likeness (QED) is 0.564. The normalized spacial score (nSPS) is 15.4. The van der Waals surface area contributed by atoms with E-state index in [4.69, 9.17) is 9.47 Å². The summed E-state index contributed by atoms with van der Waals surface area (Å²) >= 11 is 0. The molecule has 0 radical (unpaired) electrons. The number of ether oxygens (including phenoxy) is 2. The lowest BCUT2D eigenvalue weighted by Gasteiger charge is -2.36. The van der Waals surface area contributed by atoms with Gasteiger partial charge in [-0.3, -0.25) is 4.79 Å². The summed E-state index contributed by atoms with van der Waals surface area (Å²) in [6.45, 7) is 2.59. The molecule has 162 valence electrons. The molecule has 0 aliphatic carbocycles. The van der Waals surface area contributed by atoms with Gasteiger partial charge in [-0.25, -0.2) is 4.98 Å². The maximum atomic E-state index is 13.3. The van der Waals surface area contributed by atoms with Crippen LogP contribution in [0.15, 0.2) is 67.0 Å². The molecule has 0 unspecified atom stereocenters. The van der Waals surface area contributed by atoms with Gasteiger partial charge in [0, 0.05) is 44.3 Å². The summed E-state index contributed by atoms with van der Waals surface area (Å²) < 4.78 is 13.0. The first-order chi connectivity index (χ1) is 15.2. The van der Waals surface area contributed by atoms with Crippen molar-refractivity contribution in [3.05, 3.63) is 72.6 Å². The maximum absolute atomic E-state index is 13.3. The second-order valence-electron chi connectivity index (χ2n) is 7.84. The Balaban J connectivity index is 1.38. The maximum Gasteiger partial charge on any atom is 0.230 e. The van der Waals surface area contributed by atoms with Crippen LogP contribution < -0.4 is 10.1 Å². The van der Waals surface area contributed by atoms with Crippen LogP contribution >= 0.6 is 0 Å². The van der Waals surface area contributed by atoms with Crippen molar-refractivity contribution in [3.63, 3.8) is 0 Å². The molecule has 1 aromatic heterocycles. The number of aryl methyl sites for hydroxylation is 1. The highest BCUT2D eigenvalue weighted by molar-refractivity contribution is 5.88. The smallest absolute Gasteiger partial charge is 0.230 e. The lowest BCUT2D eigenvalue weighted by molar-refractivity contribution is -0.130. The van der Waals surface area contributed by atoms with Crippen LogP contribution in [0, 0.1) is 0 Å². The zero-order valence-electron chi connectivity index (χ0n) is 17.9. The van der Waals surface area contributed by atoms with Gasteiger partial charge in [-0.15, -0.1) is 0 Å². The molecule has 0 atom stereocenters. The van der Waals surface area contributed by atoms with Gasteiger partial charge >= 0.3 is 0 Å². The molecule has 1 amide bonds. The van der Waals surface area contributed by atoms with Crippen LogP contribution in [-0.2, 0) is 21.5 Å². The van der Waals surface area contributed by atoms with Gasteiger partial charge < -0.3 is 19.4 Å². The average Bonchev–Trinajstić information content (AvgIpc) is 3.31. The van der Waals surface area contributed by atoms with Gasteiger partial charge in [0.1, 0.15) is 11.6 Å². The molecule has 1 saturated heterocycles. The lowest BCUT2D eigenvalue weighted by atomic mass is 9.73. The minimum atomic E-state index is -0.547. The van der Waals surface area contributed by atoms with Gasteiger partial charge in [0.05, 0.1) is 12.5 Å². The standard InChI is InChI=1S/C25H29N3O3/c1-30-22-10-8-21(9-11-22)25(12-18-31-19-13-25)24(29)27-14-5-16-28-17-15-26-23(28)20-6-3-2-4-7-20/h2-4,6-11,15,17H,5,12-14,16,18-19H2,1H3,(H,27,29). The van der Waals surface area contributed by atoms with E-state index < -0.39 is 5.41 Å². The van der Waals surface area contributed by atoms with E-state index in [0.717, 1.165) is 35.7 Å². The molecule has 2 heterocycles. The molecule has 0 saturated carbocycles. The number of nitrogens with zero attached hydrogens (tertiary/aromatic N) is 2. The molecule has 6 heteroatoms. The van der Waals surface area contributed by atoms with Crippen LogP contribution in [0.1, 0.15) is 24.8 Å². The molecule has 0 bridgehead atoms. The third kappa shape index (κ3) is 4.64. The van der Waals surface area contributed by atoms with E-state index in [9.17, 15) is 4.79 Å². The number of nitrogens with one attached hydrogen (secondary N) is 1. The summed E-state index contributed by atoms with van der Waals surface area (Å²) in [7, 11) is 1.65. The number of hydrogen-bond donors (Lipinski definition) is 1. The van der Waals surface area contributed by atoms with Crippen molar-refractivity contribution in [3.8, 4) is 17.1 Å². The first-order valence-corrected chi connectivity index (χ1v) is 10.8. The number of imidazole rings is 1. The van der Waals surface area contributed by atoms with Crippen LogP contribution in [0.25, 0.3) is 11.4 Å². The topological polar surface area (TPSA) is 65.4 Å². The Kier molecular flexibility index (Phi) is 6.67. The highest BCUT2D eigenvalue weighted by Gasteiger charge is 2.41. The minimum Gasteiger partial charge on any atom is -0.497 e. The first-order valence-electron chi connectivity index (χ1n) is 10.8. The van der Waals surface area contributed by atoms with Crippen molar-refractivity contribution in [1.82, 2.24) is 14.9 Å². The monoisotopic (exact) mass is 419 g/mol. The largest absolute Gasteiger partial charge is 0.497 e. The molecule has 6 nitrogen and oxygen atoms in total. The number of methoxy groups -OCH3 is 1. The Hall–Kier alpha value is -3.12. The zero-order valence-corrected chi connectivity index (χ0v) is 17.9. The van der Waals surface area contributed by atoms with Gasteiger partial charge in [0.15, 0.2) is 0 Å². The highest BCUT2D eigenvalue weighted by Crippen LogP contribution is 2.36. The Morgan fingerprint density at radius 1 is 1.13 bits per heavy atom. The fraction of sp³-hybridized carbons (Fsp3) is 0.360. The van der Waals surface area contributed by atoms with Crippen LogP contribution in [-0.4, -0.2) is 42.3 Å². The van der Waals surface area contributed by atoms with Gasteiger partial charge in [-0.1, -0.05) is 42.5 Å². The predicted molar refractivity (Wildman–Crippen MR) is 120 cm³/mol.